The smallest absolute Gasteiger partial charge is 0.407 e. The SMILES string of the molecule is CCCCOCC1OC(OC2C(COCCCC)OC(OCCCCCCl)C(OCCCC)C2OCCCC)C(OC(=O)c2ccccc2)C(OC2(C(=O)OC)CC3OC(=O)NC3C([C@H](OC(C)=O)[C@@H](COCCCC)OC3(C(=O)OC)CC4OC(=O)NC4C([C@H](OC(C)=O)[C@@H](COCCCC)OC(C)=O)O3)O2)C1O. The van der Waals surface area contributed by atoms with E-state index in [2.05, 4.69) is 10.6 Å². The summed E-state index contributed by atoms with van der Waals surface area (Å²) in [5, 5.41) is 18.6. The number of ether oxygens (including phenoxy) is 22. The Kier molecular flexibility index (Phi) is 39.2. The van der Waals surface area contributed by atoms with Crippen molar-refractivity contribution in [1.29, 1.82) is 0 Å². The molecule has 22 atom stereocenters. The maximum absolute atomic E-state index is 15.5. The standard InChI is InChI=1S/C76H119ClN2O31/c1-12-18-33-91-42-52-58(83)64(67(105-68(84)49-30-26-24-27-31-49)70(101-52)106-60-54(44-93-35-20-14-3)102-69(97-39-29-25-28-32-77)66(96-38-23-17-6)65(60)95-37-22-16-5)110-76(72(86)90-11)41-51-57(79-74(88)104-51)63(109-76)61(100-48(9)82)55(45-94-36-21-15-4)107-75(71(85)89-10)40-50-56(78-73(87)103-50)62(108-75)59(99-47(8)81)53(98-46(7)80)43-92-34-19-13-2/h24,26-27,30-31,50-67,69-70,83H,12-23,25,28-29,32-45H2,1-11H3,(H,78,87)(H,79,88)/t50?,51?,52?,53-,54?,55-,56?,57?,58?,59-,60?,61-,62?,63?,64?,65?,66?,67?,69?,70?,75?,76?/m1/s1. The van der Waals surface area contributed by atoms with E-state index in [-0.39, 0.29) is 65.0 Å². The lowest BCUT2D eigenvalue weighted by Crippen LogP contribution is -2.71. The van der Waals surface area contributed by atoms with Gasteiger partial charge in [-0.05, 0) is 69.9 Å². The molecule has 0 aromatic heterocycles. The fourth-order valence-electron chi connectivity index (χ4n) is 13.7. The van der Waals surface area contributed by atoms with E-state index in [0.29, 0.717) is 70.3 Å². The lowest BCUT2D eigenvalue weighted by atomic mass is 9.87. The molecular weight excluding hydrogens is 1470 g/mol. The van der Waals surface area contributed by atoms with E-state index in [1.165, 1.54) is 12.1 Å². The Hall–Kier alpha value is -5.73. The van der Waals surface area contributed by atoms with Crippen molar-refractivity contribution < 1.29 is 148 Å². The predicted molar refractivity (Wildman–Crippen MR) is 386 cm³/mol. The minimum Gasteiger partial charge on any atom is -0.465 e. The quantitative estimate of drug-likeness (QED) is 0.0249. The molecule has 110 heavy (non-hydrogen) atoms. The molecule has 33 nitrogen and oxygen atoms in total. The summed E-state index contributed by atoms with van der Waals surface area (Å²) in [7, 11) is 2.00. The van der Waals surface area contributed by atoms with Crippen molar-refractivity contribution in [3.8, 4) is 0 Å². The number of hydrogen-bond donors (Lipinski definition) is 3. The zero-order valence-corrected chi connectivity index (χ0v) is 66.3. The van der Waals surface area contributed by atoms with Gasteiger partial charge in [0, 0.05) is 72.9 Å². The van der Waals surface area contributed by atoms with E-state index in [9.17, 15) is 29.1 Å². The molecule has 6 heterocycles. The van der Waals surface area contributed by atoms with Crippen LogP contribution in [0.5, 0.6) is 0 Å². The number of carbonyl (C=O) groups excluding carboxylic acids is 8. The number of rotatable bonds is 51. The van der Waals surface area contributed by atoms with Crippen LogP contribution >= 0.6 is 11.6 Å². The Labute approximate surface area is 649 Å². The molecule has 0 aliphatic carbocycles. The number of aliphatic hydroxyl groups is 1. The number of alkyl halides is 1. The second-order valence-corrected chi connectivity index (χ2v) is 28.3. The topological polar surface area (TPSA) is 384 Å². The predicted octanol–water partition coefficient (Wildman–Crippen LogP) is 7.31. The summed E-state index contributed by atoms with van der Waals surface area (Å²) in [6, 6.07) is 5.10. The third-order valence-electron chi connectivity index (χ3n) is 19.3. The number of halogens is 1. The summed E-state index contributed by atoms with van der Waals surface area (Å²) in [5.41, 5.74) is 0.0159. The van der Waals surface area contributed by atoms with Gasteiger partial charge in [0.05, 0.1) is 71.1 Å². The molecule has 18 unspecified atom stereocenters. The van der Waals surface area contributed by atoms with Crippen molar-refractivity contribution in [2.45, 2.75) is 305 Å². The maximum atomic E-state index is 15.5. The van der Waals surface area contributed by atoms with Gasteiger partial charge in [-0.1, -0.05) is 98.3 Å². The van der Waals surface area contributed by atoms with Crippen LogP contribution in [0.1, 0.15) is 182 Å². The van der Waals surface area contributed by atoms with E-state index < -0.39 is 201 Å². The number of alkyl carbamates (subject to hydrolysis) is 2. The molecule has 0 saturated carbocycles. The van der Waals surface area contributed by atoms with Gasteiger partial charge in [0.2, 0.25) is 0 Å². The zero-order valence-electron chi connectivity index (χ0n) is 65.5. The Morgan fingerprint density at radius 3 is 1.54 bits per heavy atom. The van der Waals surface area contributed by atoms with E-state index in [1.54, 1.807) is 18.2 Å². The van der Waals surface area contributed by atoms with Crippen LogP contribution in [0.3, 0.4) is 0 Å². The molecule has 3 N–H and O–H groups in total. The molecule has 0 radical (unpaired) electrons. The second-order valence-electron chi connectivity index (χ2n) is 27.9. The minimum atomic E-state index is -2.97. The number of aliphatic hydroxyl groups excluding tert-OH is 1. The van der Waals surface area contributed by atoms with Crippen LogP contribution in [0.4, 0.5) is 9.59 Å². The average molecular weight is 1590 g/mol. The van der Waals surface area contributed by atoms with Gasteiger partial charge in [0.25, 0.3) is 11.6 Å². The van der Waals surface area contributed by atoms with Crippen LogP contribution in [0, 0.1) is 0 Å². The largest absolute Gasteiger partial charge is 0.465 e. The van der Waals surface area contributed by atoms with Crippen LogP contribution in [0.2, 0.25) is 0 Å². The number of esters is 6. The summed E-state index contributed by atoms with van der Waals surface area (Å²) in [6.07, 6.45) is -21.8. The Morgan fingerprint density at radius 1 is 0.527 bits per heavy atom. The molecule has 626 valence electrons. The molecule has 0 spiro atoms. The van der Waals surface area contributed by atoms with Gasteiger partial charge in [-0.3, -0.25) is 14.4 Å². The van der Waals surface area contributed by atoms with Crippen molar-refractivity contribution in [3.05, 3.63) is 35.9 Å². The molecule has 7 rings (SSSR count). The summed E-state index contributed by atoms with van der Waals surface area (Å²) >= 11 is 6.08. The Balaban J connectivity index is 1.42. The number of amides is 2. The first kappa shape index (κ1) is 91.5. The number of methoxy groups -OCH3 is 2. The minimum absolute atomic E-state index is 0.00614. The second kappa shape index (κ2) is 47.2. The summed E-state index contributed by atoms with van der Waals surface area (Å²) in [5.74, 6) is -11.8. The van der Waals surface area contributed by atoms with Gasteiger partial charge < -0.3 is 120 Å². The molecular formula is C76H119ClN2O31. The number of benzene rings is 1. The molecule has 6 saturated heterocycles. The molecule has 6 aliphatic heterocycles. The van der Waals surface area contributed by atoms with Gasteiger partial charge >= 0.3 is 48.0 Å². The number of nitrogens with one attached hydrogen (secondary N) is 2. The molecule has 6 aliphatic rings. The maximum Gasteiger partial charge on any atom is 0.407 e. The molecule has 1 aromatic rings. The summed E-state index contributed by atoms with van der Waals surface area (Å²) < 4.78 is 141. The first-order valence-corrected chi connectivity index (χ1v) is 39.6. The third-order valence-corrected chi connectivity index (χ3v) is 19.5. The number of unbranched alkanes of at least 4 members (excludes halogenated alkanes) is 8. The van der Waals surface area contributed by atoms with Crippen molar-refractivity contribution >= 4 is 59.6 Å². The van der Waals surface area contributed by atoms with Crippen LogP contribution in [0.25, 0.3) is 0 Å². The van der Waals surface area contributed by atoms with E-state index in [4.69, 9.17) is 116 Å². The highest BCUT2D eigenvalue weighted by Crippen LogP contribution is 2.46. The van der Waals surface area contributed by atoms with Crippen molar-refractivity contribution in [2.24, 2.45) is 0 Å². The van der Waals surface area contributed by atoms with Crippen molar-refractivity contribution in [2.75, 3.05) is 92.8 Å². The van der Waals surface area contributed by atoms with Crippen LogP contribution < -0.4 is 10.6 Å². The molecule has 2 amide bonds. The van der Waals surface area contributed by atoms with Gasteiger partial charge in [0.1, 0.15) is 73.2 Å². The Morgan fingerprint density at radius 2 is 1.00 bits per heavy atom. The summed E-state index contributed by atoms with van der Waals surface area (Å²) in [6.45, 7) is 15.0. The van der Waals surface area contributed by atoms with Crippen LogP contribution in [-0.2, 0) is 128 Å². The van der Waals surface area contributed by atoms with Crippen LogP contribution in [0.15, 0.2) is 30.3 Å². The molecule has 1 aromatic carbocycles. The number of fused-ring (bicyclic) bond motifs is 2. The molecule has 34 heteroatoms. The highest BCUT2D eigenvalue weighted by atomic mass is 35.5. The highest BCUT2D eigenvalue weighted by Gasteiger charge is 2.67. The monoisotopic (exact) mass is 1590 g/mol. The lowest BCUT2D eigenvalue weighted by Gasteiger charge is -2.52. The van der Waals surface area contributed by atoms with Crippen molar-refractivity contribution in [1.82, 2.24) is 10.6 Å². The van der Waals surface area contributed by atoms with E-state index >= 15 is 14.4 Å². The van der Waals surface area contributed by atoms with Crippen molar-refractivity contribution in [3.63, 3.8) is 0 Å². The lowest BCUT2D eigenvalue weighted by molar-refractivity contribution is -0.389. The molecule has 6 fully saturated rings. The Bertz CT molecular complexity index is 2960. The van der Waals surface area contributed by atoms with Gasteiger partial charge in [0.15, 0.2) is 37.0 Å². The normalized spacial score (nSPS) is 30.2. The van der Waals surface area contributed by atoms with Gasteiger partial charge in [-0.15, -0.1) is 11.6 Å². The molecule has 0 bridgehead atoms. The zero-order chi connectivity index (χ0) is 79.8. The van der Waals surface area contributed by atoms with E-state index in [0.717, 1.165) is 73.5 Å². The highest BCUT2D eigenvalue weighted by molar-refractivity contribution is 6.17. The van der Waals surface area contributed by atoms with Crippen LogP contribution in [-0.4, -0.2) is 280 Å². The first-order chi connectivity index (χ1) is 53.1. The fourth-order valence-corrected chi connectivity index (χ4v) is 13.9. The van der Waals surface area contributed by atoms with Gasteiger partial charge in [-0.2, -0.15) is 0 Å². The van der Waals surface area contributed by atoms with E-state index in [1.807, 2.05) is 41.5 Å². The summed E-state index contributed by atoms with van der Waals surface area (Å²) in [4.78, 5) is 113. The first-order valence-electron chi connectivity index (χ1n) is 39.0. The third kappa shape index (κ3) is 25.9. The fraction of sp³-hybridized carbons (Fsp3) is 0.816. The van der Waals surface area contributed by atoms with Gasteiger partial charge in [-0.25, -0.2) is 24.0 Å². The number of hydrogen-bond acceptors (Lipinski definition) is 31. The average Bonchev–Trinajstić information content (AvgIpc) is 1.37. The number of carbonyl (C=O) groups is 8.